The number of hydrogen-bond acceptors (Lipinski definition) is 4. The molecular formula is C10H7AcClO4. The van der Waals surface area contributed by atoms with Crippen LogP contribution in [0.5, 0.6) is 5.75 Å². The van der Waals surface area contributed by atoms with E-state index in [2.05, 4.69) is 0 Å². The van der Waals surface area contributed by atoms with E-state index in [1.807, 2.05) is 0 Å². The first-order valence-electron chi connectivity index (χ1n) is 4.18. The fourth-order valence-electron chi connectivity index (χ4n) is 1.37. The zero-order valence-electron chi connectivity index (χ0n) is 8.11. The largest absolute Gasteiger partial charge is 0.506 e. The van der Waals surface area contributed by atoms with Crippen LogP contribution in [0.2, 0.25) is 5.02 Å². The minimum atomic E-state index is -0.576. The van der Waals surface area contributed by atoms with Crippen LogP contribution in [0.25, 0.3) is 11.0 Å². The number of rotatable bonds is 1. The van der Waals surface area contributed by atoms with E-state index in [0.717, 1.165) is 0 Å². The number of phenols is 1. The Morgan fingerprint density at radius 3 is 2.62 bits per heavy atom. The zero-order valence-corrected chi connectivity index (χ0v) is 13.6. The molecule has 6 heteroatoms. The Morgan fingerprint density at radius 1 is 1.31 bits per heavy atom. The van der Waals surface area contributed by atoms with Gasteiger partial charge in [-0.25, -0.2) is 4.79 Å². The summed E-state index contributed by atoms with van der Waals surface area (Å²) in [5.41, 5.74) is 0.0462. The van der Waals surface area contributed by atoms with Crippen LogP contribution in [0.15, 0.2) is 27.4 Å². The van der Waals surface area contributed by atoms with Crippen molar-refractivity contribution in [2.45, 2.75) is 6.61 Å². The van der Waals surface area contributed by atoms with Crippen LogP contribution in [-0.4, -0.2) is 10.2 Å². The smallest absolute Gasteiger partial charge is 0.336 e. The minimum Gasteiger partial charge on any atom is -0.506 e. The molecular weight excluding hydrogens is 447 g/mol. The van der Waals surface area contributed by atoms with Crippen molar-refractivity contribution in [3.63, 3.8) is 0 Å². The molecule has 0 aliphatic rings. The minimum absolute atomic E-state index is 0. The molecule has 1 heterocycles. The van der Waals surface area contributed by atoms with E-state index in [9.17, 15) is 9.90 Å². The van der Waals surface area contributed by atoms with Crippen molar-refractivity contribution in [1.82, 2.24) is 0 Å². The molecule has 1 aromatic carbocycles. The van der Waals surface area contributed by atoms with Crippen LogP contribution in [0.3, 0.4) is 0 Å². The molecule has 2 N–H and O–H groups in total. The number of hydrogen-bond donors (Lipinski definition) is 2. The molecule has 0 saturated carbocycles. The fraction of sp³-hybridized carbons (Fsp3) is 0.100. The molecule has 0 bridgehead atoms. The maximum Gasteiger partial charge on any atom is 0.336 e. The molecule has 0 saturated heterocycles. The van der Waals surface area contributed by atoms with E-state index in [1.165, 1.54) is 18.2 Å². The zero-order chi connectivity index (χ0) is 11.0. The summed E-state index contributed by atoms with van der Waals surface area (Å²) in [5.74, 6) is -0.164. The summed E-state index contributed by atoms with van der Waals surface area (Å²) < 4.78 is 4.85. The summed E-state index contributed by atoms with van der Waals surface area (Å²) in [6.45, 7) is -0.288. The van der Waals surface area contributed by atoms with Crippen LogP contribution in [0, 0.1) is 44.1 Å². The summed E-state index contributed by atoms with van der Waals surface area (Å²) in [4.78, 5) is 11.1. The SMILES string of the molecule is O=c1cc(CO)c2cc(Cl)c(O)cc2o1.[Ac]. The topological polar surface area (TPSA) is 70.7 Å². The maximum absolute atomic E-state index is 11.1. The second-order valence-corrected chi connectivity index (χ2v) is 3.46. The molecule has 0 atom stereocenters. The van der Waals surface area contributed by atoms with Gasteiger partial charge in [0.2, 0.25) is 0 Å². The molecule has 0 aliphatic carbocycles. The third-order valence-electron chi connectivity index (χ3n) is 2.07. The summed E-state index contributed by atoms with van der Waals surface area (Å²) in [5, 5.41) is 19.0. The second kappa shape index (κ2) is 5.50. The molecule has 0 spiro atoms. The van der Waals surface area contributed by atoms with E-state index in [1.54, 1.807) is 0 Å². The standard InChI is InChI=1S/C10H7ClO4.Ac/c11-7-2-6-5(4-12)1-10(14)15-9(6)3-8(7)13;/h1-3,12-13H,4H2;. The van der Waals surface area contributed by atoms with Gasteiger partial charge in [0.05, 0.1) is 11.6 Å². The van der Waals surface area contributed by atoms with E-state index < -0.39 is 5.63 Å². The third kappa shape index (κ3) is 2.60. The van der Waals surface area contributed by atoms with Crippen molar-refractivity contribution in [2.24, 2.45) is 0 Å². The van der Waals surface area contributed by atoms with Crippen molar-refractivity contribution < 1.29 is 58.7 Å². The van der Waals surface area contributed by atoms with Gasteiger partial charge in [-0.2, -0.15) is 0 Å². The first-order chi connectivity index (χ1) is 7.11. The normalized spacial score (nSPS) is 10.1. The van der Waals surface area contributed by atoms with Crippen molar-refractivity contribution in [3.05, 3.63) is 39.2 Å². The average molecular weight is 454 g/mol. The Labute approximate surface area is 131 Å². The molecule has 1 radical (unpaired) electrons. The van der Waals surface area contributed by atoms with Crippen LogP contribution in [0.1, 0.15) is 5.56 Å². The molecule has 0 fully saturated rings. The van der Waals surface area contributed by atoms with Gasteiger partial charge < -0.3 is 14.6 Å². The molecule has 0 unspecified atom stereocenters. The Balaban J connectivity index is 0.00000128. The number of fused-ring (bicyclic) bond motifs is 1. The Morgan fingerprint density at radius 2 is 2.00 bits per heavy atom. The van der Waals surface area contributed by atoms with Gasteiger partial charge in [0.1, 0.15) is 11.3 Å². The Hall–Kier alpha value is -0.0784. The van der Waals surface area contributed by atoms with Gasteiger partial charge in [0.25, 0.3) is 0 Å². The van der Waals surface area contributed by atoms with Crippen molar-refractivity contribution in [1.29, 1.82) is 0 Å². The number of phenolic OH excluding ortho intramolecular Hbond substituents is 1. The van der Waals surface area contributed by atoms with Crippen LogP contribution >= 0.6 is 11.6 Å². The number of aliphatic hydroxyl groups is 1. The first kappa shape index (κ1) is 14.0. The molecule has 2 aromatic rings. The van der Waals surface area contributed by atoms with E-state index >= 15 is 0 Å². The Kier molecular flexibility index (Phi) is 4.81. The third-order valence-corrected chi connectivity index (χ3v) is 2.37. The average Bonchev–Trinajstić information content (AvgIpc) is 2.19. The van der Waals surface area contributed by atoms with Crippen molar-refractivity contribution in [3.8, 4) is 5.75 Å². The van der Waals surface area contributed by atoms with Crippen molar-refractivity contribution in [2.75, 3.05) is 0 Å². The molecule has 2 rings (SSSR count). The summed E-state index contributed by atoms with van der Waals surface area (Å²) in [6, 6.07) is 3.88. The fourth-order valence-corrected chi connectivity index (χ4v) is 1.53. The molecule has 81 valence electrons. The maximum atomic E-state index is 11.1. The van der Waals surface area contributed by atoms with Gasteiger partial charge in [-0.05, 0) is 11.6 Å². The predicted molar refractivity (Wildman–Crippen MR) is 55.1 cm³/mol. The van der Waals surface area contributed by atoms with E-state index in [-0.39, 0.29) is 67.0 Å². The van der Waals surface area contributed by atoms with Crippen LogP contribution in [-0.2, 0) is 6.61 Å². The summed E-state index contributed by atoms with van der Waals surface area (Å²) in [6.07, 6.45) is 0. The Bertz CT molecular complexity index is 579. The van der Waals surface area contributed by atoms with Gasteiger partial charge in [-0.15, -0.1) is 0 Å². The predicted octanol–water partition coefficient (Wildman–Crippen LogP) is 1.64. The van der Waals surface area contributed by atoms with Crippen molar-refractivity contribution >= 4 is 22.6 Å². The van der Waals surface area contributed by atoms with E-state index in [4.69, 9.17) is 21.1 Å². The molecule has 0 aliphatic heterocycles. The molecule has 4 nitrogen and oxygen atoms in total. The van der Waals surface area contributed by atoms with Crippen LogP contribution in [0.4, 0.5) is 0 Å². The van der Waals surface area contributed by atoms with Gasteiger partial charge in [-0.1, -0.05) is 11.6 Å². The van der Waals surface area contributed by atoms with Gasteiger partial charge >= 0.3 is 5.63 Å². The second-order valence-electron chi connectivity index (χ2n) is 3.05. The molecule has 1 aromatic heterocycles. The number of halogens is 1. The monoisotopic (exact) mass is 453 g/mol. The number of benzene rings is 1. The summed E-state index contributed by atoms with van der Waals surface area (Å²) >= 11 is 5.70. The molecule has 0 amide bonds. The van der Waals surface area contributed by atoms with E-state index in [0.29, 0.717) is 10.9 Å². The number of aromatic hydroxyl groups is 1. The molecule has 16 heavy (non-hydrogen) atoms. The van der Waals surface area contributed by atoms with Crippen LogP contribution < -0.4 is 5.63 Å². The van der Waals surface area contributed by atoms with Gasteiger partial charge in [0.15, 0.2) is 0 Å². The first-order valence-corrected chi connectivity index (χ1v) is 4.55. The van der Waals surface area contributed by atoms with Gasteiger partial charge in [-0.3, -0.25) is 0 Å². The number of aliphatic hydroxyl groups excluding tert-OH is 1. The van der Waals surface area contributed by atoms with Gasteiger partial charge in [0, 0.05) is 61.6 Å². The quantitative estimate of drug-likeness (QED) is 0.644. The summed E-state index contributed by atoms with van der Waals surface area (Å²) in [7, 11) is 0.